The van der Waals surface area contributed by atoms with Crippen molar-refractivity contribution in [2.75, 3.05) is 51.8 Å². The summed E-state index contributed by atoms with van der Waals surface area (Å²) in [5, 5.41) is 3.09. The zero-order valence-electron chi connectivity index (χ0n) is 20.3. The van der Waals surface area contributed by atoms with Gasteiger partial charge in [0.2, 0.25) is 0 Å². The summed E-state index contributed by atoms with van der Waals surface area (Å²) in [6.45, 7) is 3.67. The summed E-state index contributed by atoms with van der Waals surface area (Å²) in [7, 11) is 4.07. The van der Waals surface area contributed by atoms with Gasteiger partial charge in [0, 0.05) is 37.9 Å². The average Bonchev–Trinajstić information content (AvgIpc) is 2.88. The van der Waals surface area contributed by atoms with E-state index in [1.807, 2.05) is 66.5 Å². The molecule has 0 bridgehead atoms. The number of ether oxygens (including phenoxy) is 1. The van der Waals surface area contributed by atoms with Crippen LogP contribution in [0.5, 0.6) is 5.75 Å². The summed E-state index contributed by atoms with van der Waals surface area (Å²) in [6, 6.07) is 17.7. The maximum absolute atomic E-state index is 13.4. The van der Waals surface area contributed by atoms with Crippen LogP contribution in [-0.4, -0.2) is 80.6 Å². The highest BCUT2D eigenvalue weighted by Crippen LogP contribution is 2.27. The van der Waals surface area contributed by atoms with Crippen LogP contribution >= 0.6 is 0 Å². The van der Waals surface area contributed by atoms with Crippen LogP contribution in [0.25, 0.3) is 0 Å². The number of anilines is 1. The number of hydrogen-bond donors (Lipinski definition) is 1. The highest BCUT2D eigenvalue weighted by atomic mass is 16.5. The molecule has 0 aliphatic carbocycles. The monoisotopic (exact) mass is 464 g/mol. The van der Waals surface area contributed by atoms with Crippen LogP contribution in [0.3, 0.4) is 0 Å². The van der Waals surface area contributed by atoms with Crippen molar-refractivity contribution in [2.45, 2.75) is 37.8 Å². The van der Waals surface area contributed by atoms with Crippen molar-refractivity contribution >= 4 is 17.5 Å². The summed E-state index contributed by atoms with van der Waals surface area (Å²) < 4.78 is 5.55. The fourth-order valence-electron chi connectivity index (χ4n) is 4.87. The zero-order chi connectivity index (χ0) is 23.9. The lowest BCUT2D eigenvalue weighted by Crippen LogP contribution is -2.47. The van der Waals surface area contributed by atoms with E-state index in [4.69, 9.17) is 4.74 Å². The molecule has 0 unspecified atom stereocenters. The van der Waals surface area contributed by atoms with E-state index < -0.39 is 0 Å². The Labute approximate surface area is 202 Å². The predicted octanol–water partition coefficient (Wildman–Crippen LogP) is 3.02. The number of likely N-dealkylation sites (tertiary alicyclic amines) is 1. The summed E-state index contributed by atoms with van der Waals surface area (Å²) in [5.41, 5.74) is 1.76. The highest BCUT2D eigenvalue weighted by molar-refractivity contribution is 6.00. The van der Waals surface area contributed by atoms with Gasteiger partial charge < -0.3 is 24.8 Å². The maximum atomic E-state index is 13.4. The Morgan fingerprint density at radius 1 is 0.941 bits per heavy atom. The van der Waals surface area contributed by atoms with Crippen molar-refractivity contribution in [3.63, 3.8) is 0 Å². The summed E-state index contributed by atoms with van der Waals surface area (Å²) >= 11 is 0. The van der Waals surface area contributed by atoms with Crippen molar-refractivity contribution < 1.29 is 14.3 Å². The number of hydrogen-bond acceptors (Lipinski definition) is 5. The molecule has 2 aromatic rings. The molecular weight excluding hydrogens is 428 g/mol. The SMILES string of the molecule is CN1CCC(N(C)C(=O)c2ccccc2N2CCC(NC(=O)COc3ccccc3)CC2)CC1. The van der Waals surface area contributed by atoms with E-state index in [0.29, 0.717) is 5.75 Å². The molecule has 34 heavy (non-hydrogen) atoms. The molecule has 7 nitrogen and oxygen atoms in total. The molecule has 7 heteroatoms. The van der Waals surface area contributed by atoms with Crippen LogP contribution in [0.4, 0.5) is 5.69 Å². The molecule has 4 rings (SSSR count). The first-order valence-electron chi connectivity index (χ1n) is 12.3. The number of piperidine rings is 2. The van der Waals surface area contributed by atoms with Gasteiger partial charge in [-0.3, -0.25) is 9.59 Å². The molecular formula is C27H36N4O3. The third-order valence-corrected chi connectivity index (χ3v) is 7.00. The number of carbonyl (C=O) groups excluding carboxylic acids is 2. The smallest absolute Gasteiger partial charge is 0.258 e. The number of benzene rings is 2. The second-order valence-corrected chi connectivity index (χ2v) is 9.40. The van der Waals surface area contributed by atoms with E-state index in [0.717, 1.165) is 63.1 Å². The molecule has 0 atom stereocenters. The third kappa shape index (κ3) is 6.08. The maximum Gasteiger partial charge on any atom is 0.258 e. The molecule has 2 amide bonds. The number of para-hydroxylation sites is 2. The first-order chi connectivity index (χ1) is 16.5. The standard InChI is InChI=1S/C27H36N4O3/c1-29-16-14-22(15-17-29)30(2)27(33)24-10-6-7-11-25(24)31-18-12-21(13-19-31)28-26(32)20-34-23-8-4-3-5-9-23/h3-11,21-22H,12-20H2,1-2H3,(H,28,32). The van der Waals surface area contributed by atoms with Gasteiger partial charge in [0.05, 0.1) is 5.56 Å². The summed E-state index contributed by atoms with van der Waals surface area (Å²) in [6.07, 6.45) is 3.70. The largest absolute Gasteiger partial charge is 0.484 e. The average molecular weight is 465 g/mol. The Kier molecular flexibility index (Phi) is 8.06. The summed E-state index contributed by atoms with van der Waals surface area (Å²) in [4.78, 5) is 32.3. The van der Waals surface area contributed by atoms with Crippen molar-refractivity contribution in [1.29, 1.82) is 0 Å². The quantitative estimate of drug-likeness (QED) is 0.683. The minimum atomic E-state index is -0.0994. The molecule has 2 fully saturated rings. The van der Waals surface area contributed by atoms with Crippen molar-refractivity contribution in [1.82, 2.24) is 15.1 Å². The lowest BCUT2D eigenvalue weighted by Gasteiger charge is -2.37. The Balaban J connectivity index is 1.30. The third-order valence-electron chi connectivity index (χ3n) is 7.00. The Hall–Kier alpha value is -3.06. The lowest BCUT2D eigenvalue weighted by molar-refractivity contribution is -0.123. The minimum Gasteiger partial charge on any atom is -0.484 e. The summed E-state index contributed by atoms with van der Waals surface area (Å²) in [5.74, 6) is 0.690. The molecule has 2 aliphatic heterocycles. The van der Waals surface area contributed by atoms with Gasteiger partial charge in [0.25, 0.3) is 11.8 Å². The van der Waals surface area contributed by atoms with Gasteiger partial charge in [-0.15, -0.1) is 0 Å². The van der Waals surface area contributed by atoms with E-state index in [9.17, 15) is 9.59 Å². The number of nitrogens with one attached hydrogen (secondary N) is 1. The fraction of sp³-hybridized carbons (Fsp3) is 0.481. The first kappa shape index (κ1) is 24.1. The lowest BCUT2D eigenvalue weighted by atomic mass is 10.0. The Morgan fingerprint density at radius 2 is 1.59 bits per heavy atom. The van der Waals surface area contributed by atoms with Gasteiger partial charge in [-0.2, -0.15) is 0 Å². The van der Waals surface area contributed by atoms with Gasteiger partial charge >= 0.3 is 0 Å². The number of nitrogens with zero attached hydrogens (tertiary/aromatic N) is 3. The molecule has 0 radical (unpaired) electrons. The Morgan fingerprint density at radius 3 is 2.29 bits per heavy atom. The fourth-order valence-corrected chi connectivity index (χ4v) is 4.87. The van der Waals surface area contributed by atoms with E-state index in [-0.39, 0.29) is 30.5 Å². The first-order valence-corrected chi connectivity index (χ1v) is 12.3. The minimum absolute atomic E-state index is 0.0187. The molecule has 1 N–H and O–H groups in total. The van der Waals surface area contributed by atoms with Crippen LogP contribution in [-0.2, 0) is 4.79 Å². The van der Waals surface area contributed by atoms with E-state index in [2.05, 4.69) is 22.2 Å². The van der Waals surface area contributed by atoms with E-state index in [1.165, 1.54) is 0 Å². The predicted molar refractivity (Wildman–Crippen MR) is 134 cm³/mol. The van der Waals surface area contributed by atoms with Gasteiger partial charge in [-0.05, 0) is 70.1 Å². The van der Waals surface area contributed by atoms with Crippen molar-refractivity contribution in [2.24, 2.45) is 0 Å². The van der Waals surface area contributed by atoms with Crippen molar-refractivity contribution in [3.05, 3.63) is 60.2 Å². The molecule has 0 spiro atoms. The van der Waals surface area contributed by atoms with E-state index in [1.54, 1.807) is 0 Å². The van der Waals surface area contributed by atoms with E-state index >= 15 is 0 Å². The molecule has 2 aromatic carbocycles. The second kappa shape index (κ2) is 11.4. The van der Waals surface area contributed by atoms with Gasteiger partial charge in [0.1, 0.15) is 5.75 Å². The van der Waals surface area contributed by atoms with Gasteiger partial charge in [-0.1, -0.05) is 30.3 Å². The van der Waals surface area contributed by atoms with Crippen LogP contribution in [0.2, 0.25) is 0 Å². The number of amides is 2. The van der Waals surface area contributed by atoms with Crippen LogP contribution < -0.4 is 15.0 Å². The van der Waals surface area contributed by atoms with Crippen LogP contribution in [0.1, 0.15) is 36.0 Å². The van der Waals surface area contributed by atoms with Crippen LogP contribution in [0.15, 0.2) is 54.6 Å². The second-order valence-electron chi connectivity index (χ2n) is 9.40. The molecule has 2 aliphatic rings. The van der Waals surface area contributed by atoms with Gasteiger partial charge in [-0.25, -0.2) is 0 Å². The van der Waals surface area contributed by atoms with Gasteiger partial charge in [0.15, 0.2) is 6.61 Å². The Bertz CT molecular complexity index is 951. The van der Waals surface area contributed by atoms with Crippen LogP contribution in [0, 0.1) is 0 Å². The highest BCUT2D eigenvalue weighted by Gasteiger charge is 2.28. The molecule has 0 saturated carbocycles. The number of carbonyl (C=O) groups is 2. The molecule has 182 valence electrons. The molecule has 2 heterocycles. The molecule has 0 aromatic heterocycles. The zero-order valence-corrected chi connectivity index (χ0v) is 20.3. The topological polar surface area (TPSA) is 65.1 Å². The number of rotatable bonds is 7. The normalized spacial score (nSPS) is 17.9. The van der Waals surface area contributed by atoms with Crippen molar-refractivity contribution in [3.8, 4) is 5.75 Å². The molecule has 2 saturated heterocycles.